The van der Waals surface area contributed by atoms with Crippen LogP contribution in [0.3, 0.4) is 0 Å². The van der Waals surface area contributed by atoms with Gasteiger partial charge in [-0.3, -0.25) is 0 Å². The lowest BCUT2D eigenvalue weighted by Crippen LogP contribution is -2.40. The first-order chi connectivity index (χ1) is 20.7. The zero-order valence-electron chi connectivity index (χ0n) is 23.8. The van der Waals surface area contributed by atoms with Gasteiger partial charge in [-0.25, -0.2) is 24.9 Å². The third-order valence-electron chi connectivity index (χ3n) is 7.65. The van der Waals surface area contributed by atoms with Gasteiger partial charge in [-0.05, 0) is 32.3 Å². The first-order valence-corrected chi connectivity index (χ1v) is 14.0. The molecule has 43 heavy (non-hydrogen) atoms. The molecule has 10 nitrogen and oxygen atoms in total. The Morgan fingerprint density at radius 2 is 1.86 bits per heavy atom. The summed E-state index contributed by atoms with van der Waals surface area (Å²) >= 11 is 0. The van der Waals surface area contributed by atoms with Crippen molar-refractivity contribution in [2.45, 2.75) is 50.9 Å². The summed E-state index contributed by atoms with van der Waals surface area (Å²) in [6.07, 6.45) is 1.49. The average Bonchev–Trinajstić information content (AvgIpc) is 3.76. The van der Waals surface area contributed by atoms with E-state index < -0.39 is 11.9 Å². The highest BCUT2D eigenvalue weighted by Gasteiger charge is 2.36. The van der Waals surface area contributed by atoms with E-state index in [0.717, 1.165) is 30.3 Å². The number of benzene rings is 1. The Morgan fingerprint density at radius 1 is 1.09 bits per heavy atom. The fraction of sp³-hybridized carbons (Fsp3) is 0.400. The highest BCUT2D eigenvalue weighted by molar-refractivity contribution is 5.69. The molecular formula is C30H29F3N8O2. The Balaban J connectivity index is 1.37. The van der Waals surface area contributed by atoms with Crippen LogP contribution in [0.4, 0.5) is 19.0 Å². The third kappa shape index (κ3) is 5.50. The zero-order valence-corrected chi connectivity index (χ0v) is 23.8. The Bertz CT molecular complexity index is 1680. The number of alkyl halides is 3. The fourth-order valence-electron chi connectivity index (χ4n) is 5.33. The van der Waals surface area contributed by atoms with Crippen LogP contribution in [0.5, 0.6) is 5.88 Å². The largest absolute Gasteiger partial charge is 0.480 e. The second-order valence-electron chi connectivity index (χ2n) is 10.8. The number of hydrogen-bond acceptors (Lipinski definition) is 9. The molecule has 6 rings (SSSR count). The predicted octanol–water partition coefficient (Wildman–Crippen LogP) is 5.73. The van der Waals surface area contributed by atoms with Gasteiger partial charge in [0, 0.05) is 30.3 Å². The van der Waals surface area contributed by atoms with Crippen LogP contribution < -0.4 is 9.64 Å². The second-order valence-corrected chi connectivity index (χ2v) is 10.8. The molecule has 4 aromatic rings. The molecule has 1 aliphatic heterocycles. The van der Waals surface area contributed by atoms with Gasteiger partial charge in [-0.15, -0.1) is 0 Å². The van der Waals surface area contributed by atoms with Gasteiger partial charge >= 0.3 is 6.18 Å². The molecule has 1 aromatic carbocycles. The predicted molar refractivity (Wildman–Crippen MR) is 150 cm³/mol. The SMILES string of the molecule is COc1ncnc(C2CC2)c1-c1ncc(C#N)c(N2CCOCC2c2ccc(-c3nc(C(F)(F)F)cn3C(C)C)cc2)n1. The van der Waals surface area contributed by atoms with Crippen molar-refractivity contribution in [2.75, 3.05) is 31.8 Å². The van der Waals surface area contributed by atoms with Gasteiger partial charge in [0.2, 0.25) is 5.88 Å². The van der Waals surface area contributed by atoms with Gasteiger partial charge in [0.25, 0.3) is 0 Å². The van der Waals surface area contributed by atoms with Gasteiger partial charge < -0.3 is 18.9 Å². The second kappa shape index (κ2) is 11.3. The van der Waals surface area contributed by atoms with Gasteiger partial charge in [-0.1, -0.05) is 24.3 Å². The minimum absolute atomic E-state index is 0.217. The summed E-state index contributed by atoms with van der Waals surface area (Å²) in [7, 11) is 1.53. The fourth-order valence-corrected chi connectivity index (χ4v) is 5.33. The average molecular weight is 591 g/mol. The summed E-state index contributed by atoms with van der Waals surface area (Å²) in [5, 5.41) is 9.99. The Hall–Kier alpha value is -4.57. The Morgan fingerprint density at radius 3 is 2.51 bits per heavy atom. The van der Waals surface area contributed by atoms with Crippen molar-refractivity contribution in [3.63, 3.8) is 0 Å². The molecule has 0 bridgehead atoms. The standard InChI is InChI=1S/C30H29F3N8O2/c1-17(2)41-14-23(30(31,32)33)38-27(41)20-8-4-18(5-9-20)22-15-43-11-10-40(22)28-21(12-34)13-35-26(39-28)24-25(19-6-7-19)36-16-37-29(24)42-3/h4-5,8-9,13-14,16-17,19,22H,6-7,10-11,15H2,1-3H3. The van der Waals surface area contributed by atoms with E-state index in [9.17, 15) is 18.4 Å². The minimum Gasteiger partial charge on any atom is -0.480 e. The molecule has 1 saturated heterocycles. The normalized spacial score (nSPS) is 17.3. The zero-order chi connectivity index (χ0) is 30.3. The van der Waals surface area contributed by atoms with E-state index in [4.69, 9.17) is 14.5 Å². The lowest BCUT2D eigenvalue weighted by molar-refractivity contribution is -0.140. The number of halogens is 3. The van der Waals surface area contributed by atoms with E-state index >= 15 is 0 Å². The number of ether oxygens (including phenoxy) is 2. The molecule has 1 saturated carbocycles. The van der Waals surface area contributed by atoms with Gasteiger partial charge in [0.15, 0.2) is 17.3 Å². The Kier molecular flexibility index (Phi) is 7.47. The molecule has 3 aromatic heterocycles. The number of hydrogen-bond donors (Lipinski definition) is 0. The summed E-state index contributed by atoms with van der Waals surface area (Å²) in [6, 6.07) is 8.89. The number of aromatic nitrogens is 6. The molecule has 222 valence electrons. The van der Waals surface area contributed by atoms with Crippen molar-refractivity contribution >= 4 is 5.82 Å². The van der Waals surface area contributed by atoms with Crippen LogP contribution in [-0.4, -0.2) is 56.4 Å². The van der Waals surface area contributed by atoms with Crippen LogP contribution in [-0.2, 0) is 10.9 Å². The Labute approximate surface area is 246 Å². The number of nitriles is 1. The minimum atomic E-state index is -4.54. The summed E-state index contributed by atoms with van der Waals surface area (Å²) in [5.41, 5.74) is 2.22. The van der Waals surface area contributed by atoms with E-state index in [-0.39, 0.29) is 23.8 Å². The lowest BCUT2D eigenvalue weighted by Gasteiger charge is -2.37. The summed E-state index contributed by atoms with van der Waals surface area (Å²) in [5.74, 6) is 1.71. The monoisotopic (exact) mass is 590 g/mol. The molecule has 1 atom stereocenters. The molecule has 13 heteroatoms. The van der Waals surface area contributed by atoms with E-state index in [0.29, 0.717) is 54.0 Å². The molecule has 2 fully saturated rings. The van der Waals surface area contributed by atoms with Crippen molar-refractivity contribution in [3.8, 4) is 34.7 Å². The molecule has 0 N–H and O–H groups in total. The van der Waals surface area contributed by atoms with Crippen LogP contribution in [0.15, 0.2) is 43.0 Å². The summed E-state index contributed by atoms with van der Waals surface area (Å²) < 4.78 is 53.2. The van der Waals surface area contributed by atoms with Crippen LogP contribution >= 0.6 is 0 Å². The van der Waals surface area contributed by atoms with Crippen molar-refractivity contribution in [1.82, 2.24) is 29.5 Å². The van der Waals surface area contributed by atoms with Gasteiger partial charge in [0.1, 0.15) is 29.3 Å². The lowest BCUT2D eigenvalue weighted by atomic mass is 10.0. The van der Waals surface area contributed by atoms with Crippen LogP contribution in [0.25, 0.3) is 22.8 Å². The molecule has 0 radical (unpaired) electrons. The number of methoxy groups -OCH3 is 1. The molecule has 1 aliphatic carbocycles. The molecule has 0 spiro atoms. The van der Waals surface area contributed by atoms with E-state index in [2.05, 4.69) is 26.0 Å². The maximum absolute atomic E-state index is 13.4. The van der Waals surface area contributed by atoms with Crippen molar-refractivity contribution in [3.05, 3.63) is 65.5 Å². The number of anilines is 1. The van der Waals surface area contributed by atoms with Crippen molar-refractivity contribution in [1.29, 1.82) is 5.26 Å². The third-order valence-corrected chi connectivity index (χ3v) is 7.65. The first-order valence-electron chi connectivity index (χ1n) is 14.0. The molecule has 2 aliphatic rings. The number of rotatable bonds is 7. The quantitative estimate of drug-likeness (QED) is 0.266. The van der Waals surface area contributed by atoms with Crippen molar-refractivity contribution < 1.29 is 22.6 Å². The van der Waals surface area contributed by atoms with Gasteiger partial charge in [0.05, 0.1) is 38.3 Å². The van der Waals surface area contributed by atoms with E-state index in [1.54, 1.807) is 12.1 Å². The molecule has 4 heterocycles. The summed E-state index contributed by atoms with van der Waals surface area (Å²) in [4.78, 5) is 24.1. The highest BCUT2D eigenvalue weighted by atomic mass is 19.4. The molecule has 1 unspecified atom stereocenters. The van der Waals surface area contributed by atoms with Gasteiger partial charge in [-0.2, -0.15) is 18.4 Å². The molecule has 0 amide bonds. The smallest absolute Gasteiger partial charge is 0.434 e. The van der Waals surface area contributed by atoms with Crippen LogP contribution in [0, 0.1) is 11.3 Å². The van der Waals surface area contributed by atoms with E-state index in [1.165, 1.54) is 24.2 Å². The maximum atomic E-state index is 13.4. The van der Waals surface area contributed by atoms with Crippen LogP contribution in [0.2, 0.25) is 0 Å². The molecular weight excluding hydrogens is 561 g/mol. The number of nitrogens with zero attached hydrogens (tertiary/aromatic N) is 8. The topological polar surface area (TPSA) is 115 Å². The highest BCUT2D eigenvalue weighted by Crippen LogP contribution is 2.45. The van der Waals surface area contributed by atoms with Crippen LogP contribution in [0.1, 0.15) is 67.2 Å². The summed E-state index contributed by atoms with van der Waals surface area (Å²) in [6.45, 7) is 4.83. The maximum Gasteiger partial charge on any atom is 0.434 e. The number of imidazole rings is 1. The first kappa shape index (κ1) is 28.5. The number of morpholine rings is 1. The van der Waals surface area contributed by atoms with E-state index in [1.807, 2.05) is 30.9 Å². The van der Waals surface area contributed by atoms with Crippen molar-refractivity contribution in [2.24, 2.45) is 0 Å².